The van der Waals surface area contributed by atoms with Gasteiger partial charge in [-0.2, -0.15) is 0 Å². The fraction of sp³-hybridized carbons (Fsp3) is 0.111. The predicted molar refractivity (Wildman–Crippen MR) is 98.8 cm³/mol. The molecule has 116 valence electrons. The molecule has 1 saturated heterocycles. The molecule has 2 aromatic carbocycles. The molecule has 0 unspecified atom stereocenters. The van der Waals surface area contributed by atoms with Gasteiger partial charge < -0.3 is 10.2 Å². The van der Waals surface area contributed by atoms with E-state index in [2.05, 4.69) is 5.32 Å². The summed E-state index contributed by atoms with van der Waals surface area (Å²) in [5.74, 6) is 0. The average Bonchev–Trinajstić information content (AvgIpc) is 2.82. The number of hydrogen-bond acceptors (Lipinski definition) is 3. The standard InChI is InChI=1S/C18H17N3OS/c1-20(2)14-10-8-13(9-11-14)12-16-17(23)21(18(22)19-16)15-6-4-3-5-7-15/h3-12H,1-2H3,(H,19,22). The minimum Gasteiger partial charge on any atom is -0.378 e. The molecule has 23 heavy (non-hydrogen) atoms. The van der Waals surface area contributed by atoms with Crippen LogP contribution in [0.4, 0.5) is 16.2 Å². The zero-order chi connectivity index (χ0) is 16.4. The van der Waals surface area contributed by atoms with Crippen LogP contribution in [0, 0.1) is 0 Å². The highest BCUT2D eigenvalue weighted by atomic mass is 32.1. The molecule has 1 N–H and O–H groups in total. The van der Waals surface area contributed by atoms with E-state index in [0.29, 0.717) is 10.7 Å². The summed E-state index contributed by atoms with van der Waals surface area (Å²) in [6.07, 6.45) is 1.89. The molecule has 0 bridgehead atoms. The Morgan fingerprint density at radius 2 is 1.70 bits per heavy atom. The van der Waals surface area contributed by atoms with Crippen molar-refractivity contribution >= 4 is 40.7 Å². The molecule has 5 heteroatoms. The Morgan fingerprint density at radius 1 is 1.04 bits per heavy atom. The molecule has 1 aliphatic heterocycles. The van der Waals surface area contributed by atoms with Crippen LogP contribution in [0.5, 0.6) is 0 Å². The van der Waals surface area contributed by atoms with Crippen LogP contribution in [-0.2, 0) is 0 Å². The van der Waals surface area contributed by atoms with E-state index in [1.54, 1.807) is 0 Å². The summed E-state index contributed by atoms with van der Waals surface area (Å²) < 4.78 is 0. The first-order valence-corrected chi connectivity index (χ1v) is 7.66. The second kappa shape index (κ2) is 6.22. The van der Waals surface area contributed by atoms with E-state index in [0.717, 1.165) is 16.9 Å². The van der Waals surface area contributed by atoms with E-state index in [9.17, 15) is 4.79 Å². The first-order valence-electron chi connectivity index (χ1n) is 7.26. The molecule has 3 rings (SSSR count). The molecule has 0 aliphatic carbocycles. The number of rotatable bonds is 3. The Labute approximate surface area is 141 Å². The van der Waals surface area contributed by atoms with E-state index >= 15 is 0 Å². The lowest BCUT2D eigenvalue weighted by molar-refractivity contribution is 0.253. The van der Waals surface area contributed by atoms with E-state index in [1.165, 1.54) is 4.90 Å². The first kappa shape index (κ1) is 15.2. The van der Waals surface area contributed by atoms with Crippen molar-refractivity contribution in [3.63, 3.8) is 0 Å². The van der Waals surface area contributed by atoms with E-state index in [-0.39, 0.29) is 6.03 Å². The Bertz CT molecular complexity index is 767. The van der Waals surface area contributed by atoms with E-state index < -0.39 is 0 Å². The van der Waals surface area contributed by atoms with Gasteiger partial charge in [0.1, 0.15) is 4.99 Å². The molecule has 0 radical (unpaired) electrons. The monoisotopic (exact) mass is 323 g/mol. The minimum absolute atomic E-state index is 0.225. The summed E-state index contributed by atoms with van der Waals surface area (Å²) in [6, 6.07) is 17.2. The van der Waals surface area contributed by atoms with E-state index in [1.807, 2.05) is 79.7 Å². The van der Waals surface area contributed by atoms with Gasteiger partial charge in [0, 0.05) is 19.8 Å². The fourth-order valence-electron chi connectivity index (χ4n) is 2.38. The largest absolute Gasteiger partial charge is 0.378 e. The van der Waals surface area contributed by atoms with Crippen LogP contribution in [0.1, 0.15) is 5.56 Å². The SMILES string of the molecule is CN(C)c1ccc(C=C2NC(=O)N(c3ccccc3)C2=S)cc1. The lowest BCUT2D eigenvalue weighted by Crippen LogP contribution is -2.29. The summed E-state index contributed by atoms with van der Waals surface area (Å²) in [7, 11) is 4.00. The number of benzene rings is 2. The molecule has 1 fully saturated rings. The van der Waals surface area contributed by atoms with Crippen molar-refractivity contribution < 1.29 is 4.79 Å². The maximum Gasteiger partial charge on any atom is 0.331 e. The summed E-state index contributed by atoms with van der Waals surface area (Å²) in [4.78, 5) is 16.2. The number of amides is 2. The molecule has 1 aliphatic rings. The smallest absolute Gasteiger partial charge is 0.331 e. The molecular weight excluding hydrogens is 306 g/mol. The molecule has 2 aromatic rings. The summed E-state index contributed by atoms with van der Waals surface area (Å²) in [5, 5.41) is 2.83. The Kier molecular flexibility index (Phi) is 4.12. The van der Waals surface area contributed by atoms with Gasteiger partial charge in [0.05, 0.1) is 11.4 Å². The van der Waals surface area contributed by atoms with Crippen molar-refractivity contribution in [2.45, 2.75) is 0 Å². The lowest BCUT2D eigenvalue weighted by atomic mass is 10.1. The van der Waals surface area contributed by atoms with Crippen LogP contribution in [0.2, 0.25) is 0 Å². The number of para-hydroxylation sites is 1. The molecular formula is C18H17N3OS. The van der Waals surface area contributed by atoms with Crippen LogP contribution in [0.15, 0.2) is 60.3 Å². The third-order valence-electron chi connectivity index (χ3n) is 3.61. The van der Waals surface area contributed by atoms with Gasteiger partial charge in [-0.3, -0.25) is 4.90 Å². The number of urea groups is 1. The second-order valence-electron chi connectivity index (χ2n) is 5.45. The van der Waals surface area contributed by atoms with Crippen molar-refractivity contribution in [2.75, 3.05) is 23.9 Å². The number of nitrogens with zero attached hydrogens (tertiary/aromatic N) is 2. The highest BCUT2D eigenvalue weighted by molar-refractivity contribution is 7.81. The van der Waals surface area contributed by atoms with Crippen LogP contribution in [0.3, 0.4) is 0 Å². The lowest BCUT2D eigenvalue weighted by Gasteiger charge is -2.13. The summed E-state index contributed by atoms with van der Waals surface area (Å²) >= 11 is 5.45. The molecule has 0 atom stereocenters. The minimum atomic E-state index is -0.225. The highest BCUT2D eigenvalue weighted by Gasteiger charge is 2.31. The molecule has 0 saturated carbocycles. The molecule has 2 amide bonds. The van der Waals surface area contributed by atoms with Gasteiger partial charge in [0.2, 0.25) is 0 Å². The zero-order valence-corrected chi connectivity index (χ0v) is 13.8. The van der Waals surface area contributed by atoms with Gasteiger partial charge in [-0.15, -0.1) is 0 Å². The molecule has 1 heterocycles. The van der Waals surface area contributed by atoms with Gasteiger partial charge >= 0.3 is 6.03 Å². The maximum absolute atomic E-state index is 12.2. The second-order valence-corrected chi connectivity index (χ2v) is 5.84. The Morgan fingerprint density at radius 3 is 2.30 bits per heavy atom. The molecule has 0 spiro atoms. The van der Waals surface area contributed by atoms with Gasteiger partial charge in [0.25, 0.3) is 0 Å². The fourth-order valence-corrected chi connectivity index (χ4v) is 2.68. The number of thiocarbonyl (C=S) groups is 1. The summed E-state index contributed by atoms with van der Waals surface area (Å²) in [6.45, 7) is 0. The third-order valence-corrected chi connectivity index (χ3v) is 4.02. The van der Waals surface area contributed by atoms with Gasteiger partial charge in [0.15, 0.2) is 0 Å². The van der Waals surface area contributed by atoms with Gasteiger partial charge in [-0.05, 0) is 35.9 Å². The quantitative estimate of drug-likeness (QED) is 0.692. The van der Waals surface area contributed by atoms with Crippen molar-refractivity contribution in [1.29, 1.82) is 0 Å². The Balaban J connectivity index is 1.87. The summed E-state index contributed by atoms with van der Waals surface area (Å²) in [5.41, 5.74) is 3.52. The molecule has 0 aromatic heterocycles. The average molecular weight is 323 g/mol. The van der Waals surface area contributed by atoms with Gasteiger partial charge in [-0.1, -0.05) is 42.5 Å². The van der Waals surface area contributed by atoms with Crippen LogP contribution in [0.25, 0.3) is 6.08 Å². The topological polar surface area (TPSA) is 35.6 Å². The van der Waals surface area contributed by atoms with Crippen molar-refractivity contribution in [1.82, 2.24) is 5.32 Å². The molecule has 4 nitrogen and oxygen atoms in total. The van der Waals surface area contributed by atoms with Crippen molar-refractivity contribution in [2.24, 2.45) is 0 Å². The van der Waals surface area contributed by atoms with E-state index in [4.69, 9.17) is 12.2 Å². The van der Waals surface area contributed by atoms with Crippen molar-refractivity contribution in [3.05, 3.63) is 65.9 Å². The number of carbonyl (C=O) groups is 1. The van der Waals surface area contributed by atoms with Crippen LogP contribution in [-0.4, -0.2) is 25.1 Å². The number of carbonyl (C=O) groups excluding carboxylic acids is 1. The van der Waals surface area contributed by atoms with Crippen LogP contribution >= 0.6 is 12.2 Å². The predicted octanol–water partition coefficient (Wildman–Crippen LogP) is 3.65. The first-order chi connectivity index (χ1) is 11.1. The number of anilines is 2. The van der Waals surface area contributed by atoms with Crippen molar-refractivity contribution in [3.8, 4) is 0 Å². The highest BCUT2D eigenvalue weighted by Crippen LogP contribution is 2.23. The normalized spacial score (nSPS) is 15.9. The number of nitrogens with one attached hydrogen (secondary N) is 1. The zero-order valence-electron chi connectivity index (χ0n) is 13.0. The van der Waals surface area contributed by atoms with Gasteiger partial charge in [-0.25, -0.2) is 4.79 Å². The maximum atomic E-state index is 12.2. The van der Waals surface area contributed by atoms with Crippen LogP contribution < -0.4 is 15.1 Å². The number of hydrogen-bond donors (Lipinski definition) is 1. The Hall–Kier alpha value is -2.66. The third kappa shape index (κ3) is 3.10.